The van der Waals surface area contributed by atoms with E-state index < -0.39 is 0 Å². The predicted octanol–water partition coefficient (Wildman–Crippen LogP) is 3.01. The average molecular weight is 188 g/mol. The highest BCUT2D eigenvalue weighted by Crippen LogP contribution is 2.13. The lowest BCUT2D eigenvalue weighted by molar-refractivity contribution is -0.111. The van der Waals surface area contributed by atoms with Crippen molar-refractivity contribution in [1.29, 1.82) is 0 Å². The molecule has 1 unspecified atom stereocenters. The van der Waals surface area contributed by atoms with Gasteiger partial charge in [-0.3, -0.25) is 0 Å². The van der Waals surface area contributed by atoms with E-state index in [0.29, 0.717) is 0 Å². The fourth-order valence-corrected chi connectivity index (χ4v) is 1.53. The smallest absolute Gasteiger partial charge is 0.123 e. The fourth-order valence-electron chi connectivity index (χ4n) is 1.53. The molecule has 14 heavy (non-hydrogen) atoms. The third kappa shape index (κ3) is 3.56. The van der Waals surface area contributed by atoms with E-state index >= 15 is 0 Å². The second-order valence-corrected chi connectivity index (χ2v) is 3.75. The van der Waals surface area contributed by atoms with Crippen molar-refractivity contribution in [3.63, 3.8) is 0 Å². The summed E-state index contributed by atoms with van der Waals surface area (Å²) < 4.78 is 0. The van der Waals surface area contributed by atoms with Gasteiger partial charge in [0.25, 0.3) is 0 Å². The quantitative estimate of drug-likeness (QED) is 0.513. The van der Waals surface area contributed by atoms with Crippen LogP contribution in [0.4, 0.5) is 0 Å². The Bertz CT molecular complexity index is 300. The van der Waals surface area contributed by atoms with Crippen LogP contribution in [0, 0.1) is 5.92 Å². The Balaban J connectivity index is 2.57. The molecule has 0 saturated carbocycles. The summed E-state index contributed by atoms with van der Waals surface area (Å²) in [4.78, 5) is 10.8. The average Bonchev–Trinajstić information content (AvgIpc) is 2.17. The maximum Gasteiger partial charge on any atom is 0.123 e. The minimum Gasteiger partial charge on any atom is -0.303 e. The van der Waals surface area contributed by atoms with Crippen molar-refractivity contribution >= 4 is 6.29 Å². The van der Waals surface area contributed by atoms with Crippen molar-refractivity contribution in [3.8, 4) is 0 Å². The molecule has 0 saturated heterocycles. The van der Waals surface area contributed by atoms with Crippen molar-refractivity contribution in [2.75, 3.05) is 0 Å². The van der Waals surface area contributed by atoms with Crippen molar-refractivity contribution in [1.82, 2.24) is 0 Å². The molecule has 0 heterocycles. The van der Waals surface area contributed by atoms with Gasteiger partial charge in [-0.25, -0.2) is 0 Å². The molecule has 0 aliphatic rings. The Morgan fingerprint density at radius 2 is 2.07 bits per heavy atom. The molecule has 74 valence electrons. The van der Waals surface area contributed by atoms with Crippen molar-refractivity contribution in [3.05, 3.63) is 48.0 Å². The van der Waals surface area contributed by atoms with Crippen LogP contribution in [0.3, 0.4) is 0 Å². The molecule has 0 N–H and O–H groups in total. The molecule has 0 spiro atoms. The van der Waals surface area contributed by atoms with Crippen molar-refractivity contribution < 1.29 is 4.79 Å². The molecule has 0 fully saturated rings. The first-order valence-electron chi connectivity index (χ1n) is 4.86. The molecule has 1 atom stereocenters. The minimum atomic E-state index is 0.0786. The number of carbonyl (C=O) groups excluding carboxylic acids is 1. The lowest BCUT2D eigenvalue weighted by Gasteiger charge is -2.09. The Kier molecular flexibility index (Phi) is 4.11. The third-order valence-electron chi connectivity index (χ3n) is 2.14. The van der Waals surface area contributed by atoms with Gasteiger partial charge in [-0.1, -0.05) is 35.9 Å². The number of aldehydes is 1. The van der Waals surface area contributed by atoms with Crippen LogP contribution in [-0.4, -0.2) is 6.29 Å². The van der Waals surface area contributed by atoms with E-state index in [0.717, 1.165) is 24.7 Å². The zero-order valence-electron chi connectivity index (χ0n) is 8.57. The summed E-state index contributed by atoms with van der Waals surface area (Å²) in [6.07, 6.45) is 2.64. The molecule has 0 amide bonds. The standard InChI is InChI=1S/C13H16O/c1-11(2)8-13(10-14)9-12-6-4-3-5-7-12/h3-7,10,13H,1,8-9H2,2H3. The summed E-state index contributed by atoms with van der Waals surface area (Å²) in [5.74, 6) is 0.0786. The first kappa shape index (κ1) is 10.7. The highest BCUT2D eigenvalue weighted by atomic mass is 16.1. The van der Waals surface area contributed by atoms with Crippen LogP contribution >= 0.6 is 0 Å². The number of hydrogen-bond donors (Lipinski definition) is 0. The van der Waals surface area contributed by atoms with Crippen LogP contribution < -0.4 is 0 Å². The molecular formula is C13H16O. The first-order valence-corrected chi connectivity index (χ1v) is 4.86. The molecule has 0 aromatic heterocycles. The summed E-state index contributed by atoms with van der Waals surface area (Å²) in [5, 5.41) is 0. The fraction of sp³-hybridized carbons (Fsp3) is 0.308. The highest BCUT2D eigenvalue weighted by Gasteiger charge is 2.07. The van der Waals surface area contributed by atoms with Crippen LogP contribution in [0.2, 0.25) is 0 Å². The molecule has 0 bridgehead atoms. The molecular weight excluding hydrogens is 172 g/mol. The first-order chi connectivity index (χ1) is 6.72. The van der Waals surface area contributed by atoms with Crippen molar-refractivity contribution in [2.24, 2.45) is 5.92 Å². The van der Waals surface area contributed by atoms with E-state index in [1.807, 2.05) is 25.1 Å². The van der Waals surface area contributed by atoms with E-state index in [1.54, 1.807) is 0 Å². The summed E-state index contributed by atoms with van der Waals surface area (Å²) in [5.41, 5.74) is 2.28. The van der Waals surface area contributed by atoms with Gasteiger partial charge in [0.05, 0.1) is 0 Å². The SMILES string of the molecule is C=C(C)CC(C=O)Cc1ccccc1. The Labute approximate surface area is 85.5 Å². The molecule has 1 aromatic rings. The summed E-state index contributed by atoms with van der Waals surface area (Å²) >= 11 is 0. The Hall–Kier alpha value is -1.37. The monoisotopic (exact) mass is 188 g/mol. The zero-order valence-corrected chi connectivity index (χ0v) is 8.57. The van der Waals surface area contributed by atoms with E-state index in [4.69, 9.17) is 0 Å². The van der Waals surface area contributed by atoms with Crippen LogP contribution in [0.1, 0.15) is 18.9 Å². The van der Waals surface area contributed by atoms with Crippen LogP contribution in [0.5, 0.6) is 0 Å². The van der Waals surface area contributed by atoms with Crippen molar-refractivity contribution in [2.45, 2.75) is 19.8 Å². The number of allylic oxidation sites excluding steroid dienone is 1. The van der Waals surface area contributed by atoms with E-state index in [9.17, 15) is 4.79 Å². The number of benzene rings is 1. The second kappa shape index (κ2) is 5.38. The molecule has 0 aliphatic heterocycles. The third-order valence-corrected chi connectivity index (χ3v) is 2.14. The molecule has 1 aromatic carbocycles. The van der Waals surface area contributed by atoms with Gasteiger partial charge in [0, 0.05) is 5.92 Å². The zero-order chi connectivity index (χ0) is 10.4. The number of rotatable bonds is 5. The van der Waals surface area contributed by atoms with Gasteiger partial charge in [-0.2, -0.15) is 0 Å². The van der Waals surface area contributed by atoms with Crippen LogP contribution in [0.25, 0.3) is 0 Å². The second-order valence-electron chi connectivity index (χ2n) is 3.75. The Morgan fingerprint density at radius 3 is 2.57 bits per heavy atom. The molecule has 1 heteroatoms. The largest absolute Gasteiger partial charge is 0.303 e. The van der Waals surface area contributed by atoms with E-state index in [-0.39, 0.29) is 5.92 Å². The van der Waals surface area contributed by atoms with Gasteiger partial charge in [-0.05, 0) is 25.3 Å². The molecule has 0 radical (unpaired) electrons. The summed E-state index contributed by atoms with van der Waals surface area (Å²) in [6.45, 7) is 5.79. The normalized spacial score (nSPS) is 12.1. The number of carbonyl (C=O) groups is 1. The van der Waals surface area contributed by atoms with Crippen LogP contribution in [0.15, 0.2) is 42.5 Å². The maximum atomic E-state index is 10.8. The van der Waals surface area contributed by atoms with Gasteiger partial charge < -0.3 is 4.79 Å². The van der Waals surface area contributed by atoms with E-state index in [2.05, 4.69) is 18.7 Å². The van der Waals surface area contributed by atoms with Crippen LogP contribution in [-0.2, 0) is 11.2 Å². The van der Waals surface area contributed by atoms with Gasteiger partial charge >= 0.3 is 0 Å². The predicted molar refractivity (Wildman–Crippen MR) is 59.1 cm³/mol. The van der Waals surface area contributed by atoms with Gasteiger partial charge in [0.1, 0.15) is 6.29 Å². The summed E-state index contributed by atoms with van der Waals surface area (Å²) in [6, 6.07) is 10.1. The molecule has 1 rings (SSSR count). The molecule has 0 aliphatic carbocycles. The number of hydrogen-bond acceptors (Lipinski definition) is 1. The lowest BCUT2D eigenvalue weighted by atomic mass is 9.95. The Morgan fingerprint density at radius 1 is 1.43 bits per heavy atom. The maximum absolute atomic E-state index is 10.8. The van der Waals surface area contributed by atoms with E-state index in [1.165, 1.54) is 5.56 Å². The molecule has 1 nitrogen and oxygen atoms in total. The van der Waals surface area contributed by atoms with Gasteiger partial charge in [0.2, 0.25) is 0 Å². The minimum absolute atomic E-state index is 0.0786. The topological polar surface area (TPSA) is 17.1 Å². The van der Waals surface area contributed by atoms with Gasteiger partial charge in [0.15, 0.2) is 0 Å². The summed E-state index contributed by atoms with van der Waals surface area (Å²) in [7, 11) is 0. The van der Waals surface area contributed by atoms with Gasteiger partial charge in [-0.15, -0.1) is 6.58 Å². The lowest BCUT2D eigenvalue weighted by Crippen LogP contribution is -2.06. The highest BCUT2D eigenvalue weighted by molar-refractivity contribution is 5.55.